The van der Waals surface area contributed by atoms with E-state index in [2.05, 4.69) is 27.1 Å². The van der Waals surface area contributed by atoms with Crippen molar-refractivity contribution in [2.75, 3.05) is 13.1 Å². The summed E-state index contributed by atoms with van der Waals surface area (Å²) in [5.74, 6) is 0.112. The number of likely N-dealkylation sites (tertiary alicyclic amines) is 1. The van der Waals surface area contributed by atoms with Gasteiger partial charge in [-0.2, -0.15) is 0 Å². The lowest BCUT2D eigenvalue weighted by Gasteiger charge is -2.48. The lowest BCUT2D eigenvalue weighted by Crippen LogP contribution is -2.62. The Morgan fingerprint density at radius 2 is 2.23 bits per heavy atom. The summed E-state index contributed by atoms with van der Waals surface area (Å²) in [5, 5.41) is 3.73. The van der Waals surface area contributed by atoms with E-state index in [-0.39, 0.29) is 17.5 Å². The van der Waals surface area contributed by atoms with Gasteiger partial charge in [-0.3, -0.25) is 9.78 Å². The average Bonchev–Trinajstić information content (AvgIpc) is 2.97. The third kappa shape index (κ3) is 3.05. The van der Waals surface area contributed by atoms with Gasteiger partial charge in [0, 0.05) is 24.3 Å². The number of aromatic nitrogens is 2. The Labute approximate surface area is 158 Å². The second kappa shape index (κ2) is 7.08. The number of hydrogen-bond acceptors (Lipinski definition) is 5. The lowest BCUT2D eigenvalue weighted by molar-refractivity contribution is 0.0380. The van der Waals surface area contributed by atoms with Crippen molar-refractivity contribution >= 4 is 17.2 Å². The molecule has 2 fully saturated rings. The molecule has 2 aliphatic heterocycles. The van der Waals surface area contributed by atoms with E-state index >= 15 is 0 Å². The number of nitrogens with zero attached hydrogens (tertiary/aromatic N) is 3. The fourth-order valence-electron chi connectivity index (χ4n) is 4.49. The molecule has 138 valence electrons. The topological polar surface area (TPSA) is 58.1 Å². The summed E-state index contributed by atoms with van der Waals surface area (Å²) in [6.07, 6.45) is 7.37. The molecule has 2 aliphatic rings. The normalized spacial score (nSPS) is 26.2. The number of thiazole rings is 1. The highest BCUT2D eigenvalue weighted by molar-refractivity contribution is 7.13. The highest BCUT2D eigenvalue weighted by Gasteiger charge is 2.43. The van der Waals surface area contributed by atoms with Gasteiger partial charge in [0.2, 0.25) is 0 Å². The summed E-state index contributed by atoms with van der Waals surface area (Å²) < 4.78 is 0. The van der Waals surface area contributed by atoms with Gasteiger partial charge in [0.05, 0.1) is 27.3 Å². The summed E-state index contributed by atoms with van der Waals surface area (Å²) in [4.78, 5) is 25.6. The van der Waals surface area contributed by atoms with E-state index in [1.807, 2.05) is 24.6 Å². The largest absolute Gasteiger partial charge is 0.334 e. The van der Waals surface area contributed by atoms with Crippen LogP contribution in [0, 0.1) is 6.92 Å². The van der Waals surface area contributed by atoms with E-state index in [4.69, 9.17) is 0 Å². The second-order valence-electron chi connectivity index (χ2n) is 7.62. The van der Waals surface area contributed by atoms with Crippen molar-refractivity contribution in [1.82, 2.24) is 20.2 Å². The van der Waals surface area contributed by atoms with Crippen molar-refractivity contribution in [2.45, 2.75) is 57.5 Å². The van der Waals surface area contributed by atoms with Gasteiger partial charge in [-0.15, -0.1) is 11.3 Å². The van der Waals surface area contributed by atoms with Gasteiger partial charge in [-0.25, -0.2) is 4.98 Å². The van der Waals surface area contributed by atoms with Crippen LogP contribution in [0.1, 0.15) is 55.1 Å². The quantitative estimate of drug-likeness (QED) is 0.877. The summed E-state index contributed by atoms with van der Waals surface area (Å²) in [7, 11) is 0. The van der Waals surface area contributed by atoms with Gasteiger partial charge in [-0.05, 0) is 58.2 Å². The van der Waals surface area contributed by atoms with Crippen LogP contribution < -0.4 is 5.32 Å². The molecule has 1 amide bonds. The van der Waals surface area contributed by atoms with Crippen molar-refractivity contribution in [3.05, 3.63) is 35.1 Å². The van der Waals surface area contributed by atoms with Gasteiger partial charge in [-0.1, -0.05) is 6.42 Å². The lowest BCUT2D eigenvalue weighted by atomic mass is 9.80. The summed E-state index contributed by atoms with van der Waals surface area (Å²) in [6, 6.07) is 4.03. The first-order valence-corrected chi connectivity index (χ1v) is 10.4. The molecule has 4 rings (SSSR count). The van der Waals surface area contributed by atoms with Crippen LogP contribution in [0.5, 0.6) is 0 Å². The number of pyridine rings is 1. The fraction of sp³-hybridized carbons (Fsp3) is 0.550. The molecule has 0 spiro atoms. The summed E-state index contributed by atoms with van der Waals surface area (Å²) in [6.45, 7) is 6.14. The minimum atomic E-state index is 0.0210. The molecule has 0 radical (unpaired) electrons. The van der Waals surface area contributed by atoms with Gasteiger partial charge < -0.3 is 10.2 Å². The van der Waals surface area contributed by atoms with E-state index in [9.17, 15) is 4.79 Å². The van der Waals surface area contributed by atoms with Crippen LogP contribution in [-0.2, 0) is 0 Å². The van der Waals surface area contributed by atoms with Gasteiger partial charge >= 0.3 is 0 Å². The maximum atomic E-state index is 13.6. The number of rotatable bonds is 2. The van der Waals surface area contributed by atoms with Crippen LogP contribution in [0.4, 0.5) is 0 Å². The van der Waals surface area contributed by atoms with Crippen molar-refractivity contribution in [1.29, 1.82) is 0 Å². The Bertz CT molecular complexity index is 805. The minimum absolute atomic E-state index is 0.0210. The van der Waals surface area contributed by atoms with Gasteiger partial charge in [0.1, 0.15) is 0 Å². The third-order valence-corrected chi connectivity index (χ3v) is 6.83. The molecule has 1 N–H and O–H groups in total. The van der Waals surface area contributed by atoms with E-state index in [0.29, 0.717) is 5.56 Å². The predicted molar refractivity (Wildman–Crippen MR) is 104 cm³/mol. The number of piperidine rings is 1. The molecule has 2 aromatic rings. The van der Waals surface area contributed by atoms with Crippen LogP contribution in [0.2, 0.25) is 0 Å². The number of carbonyl (C=O) groups is 1. The molecule has 4 heterocycles. The van der Waals surface area contributed by atoms with Crippen LogP contribution in [0.25, 0.3) is 10.6 Å². The maximum Gasteiger partial charge on any atom is 0.256 e. The highest BCUT2D eigenvalue weighted by Crippen LogP contribution is 2.35. The monoisotopic (exact) mass is 370 g/mol. The van der Waals surface area contributed by atoms with Crippen LogP contribution in [0.15, 0.2) is 23.8 Å². The molecule has 0 saturated carbocycles. The second-order valence-corrected chi connectivity index (χ2v) is 8.48. The standard InChI is InChI=1S/C20H26N4OS/c1-14-18(26-13-22-14)17-15(7-5-10-21-17)19(25)24-12-6-9-20(2)16(24)8-3-4-11-23-20/h5,7,10,13,16,23H,3-4,6,8-9,11-12H2,1-2H3/t16-,20-/m0/s1. The van der Waals surface area contributed by atoms with Gasteiger partial charge in [0.15, 0.2) is 0 Å². The average molecular weight is 371 g/mol. The Morgan fingerprint density at radius 1 is 1.35 bits per heavy atom. The minimum Gasteiger partial charge on any atom is -0.334 e. The molecular weight excluding hydrogens is 344 g/mol. The first-order valence-electron chi connectivity index (χ1n) is 9.51. The Kier molecular flexibility index (Phi) is 4.80. The van der Waals surface area contributed by atoms with Gasteiger partial charge in [0.25, 0.3) is 5.91 Å². The zero-order valence-electron chi connectivity index (χ0n) is 15.5. The molecule has 0 aliphatic carbocycles. The molecule has 26 heavy (non-hydrogen) atoms. The van der Waals surface area contributed by atoms with Crippen LogP contribution in [0.3, 0.4) is 0 Å². The van der Waals surface area contributed by atoms with E-state index < -0.39 is 0 Å². The third-order valence-electron chi connectivity index (χ3n) is 5.90. The fourth-order valence-corrected chi connectivity index (χ4v) is 5.30. The first-order chi connectivity index (χ1) is 12.6. The van der Waals surface area contributed by atoms with E-state index in [1.165, 1.54) is 12.8 Å². The number of nitrogens with one attached hydrogen (secondary N) is 1. The van der Waals surface area contributed by atoms with Crippen molar-refractivity contribution in [3.8, 4) is 10.6 Å². The molecule has 6 heteroatoms. The summed E-state index contributed by atoms with van der Waals surface area (Å²) in [5.41, 5.74) is 4.25. The molecular formula is C20H26N4OS. The number of aryl methyl sites for hydroxylation is 1. The molecule has 5 nitrogen and oxygen atoms in total. The molecule has 2 aromatic heterocycles. The first kappa shape index (κ1) is 17.6. The van der Waals surface area contributed by atoms with E-state index in [1.54, 1.807) is 17.5 Å². The Morgan fingerprint density at radius 3 is 3.04 bits per heavy atom. The van der Waals surface area contributed by atoms with E-state index in [0.717, 1.165) is 48.6 Å². The molecule has 2 atom stereocenters. The van der Waals surface area contributed by atoms with Crippen molar-refractivity contribution < 1.29 is 4.79 Å². The summed E-state index contributed by atoms with van der Waals surface area (Å²) >= 11 is 1.55. The molecule has 0 aromatic carbocycles. The zero-order valence-corrected chi connectivity index (χ0v) is 16.3. The van der Waals surface area contributed by atoms with Crippen LogP contribution >= 0.6 is 11.3 Å². The Hall–Kier alpha value is -1.79. The number of carbonyl (C=O) groups excluding carboxylic acids is 1. The highest BCUT2D eigenvalue weighted by atomic mass is 32.1. The van der Waals surface area contributed by atoms with Crippen molar-refractivity contribution in [3.63, 3.8) is 0 Å². The SMILES string of the molecule is Cc1ncsc1-c1ncccc1C(=O)N1CCC[C@]2(C)NCCCC[C@H]12. The zero-order chi connectivity index (χ0) is 18.1. The molecule has 2 saturated heterocycles. The Balaban J connectivity index is 1.71. The molecule has 0 unspecified atom stereocenters. The van der Waals surface area contributed by atoms with Crippen molar-refractivity contribution in [2.24, 2.45) is 0 Å². The number of amides is 1. The number of hydrogen-bond donors (Lipinski definition) is 1. The maximum absolute atomic E-state index is 13.6. The molecule has 0 bridgehead atoms. The van der Waals surface area contributed by atoms with Crippen LogP contribution in [-0.4, -0.2) is 45.4 Å². The number of fused-ring (bicyclic) bond motifs is 1. The predicted octanol–water partition coefficient (Wildman–Crippen LogP) is 3.65. The smallest absolute Gasteiger partial charge is 0.256 e.